The number of aromatic nitrogens is 2. The minimum absolute atomic E-state index is 0.380. The molecule has 5 aromatic heterocycles. The van der Waals surface area contributed by atoms with E-state index in [0.717, 1.165) is 252 Å². The van der Waals surface area contributed by atoms with E-state index in [0.29, 0.717) is 100 Å². The lowest BCUT2D eigenvalue weighted by Crippen LogP contribution is -2.14. The minimum atomic E-state index is 0.380. The Bertz CT molecular complexity index is 2940. The molecule has 1 aromatic carbocycles. The lowest BCUT2D eigenvalue weighted by atomic mass is 10.00. The maximum atomic E-state index is 7.51. The first-order valence-electron chi connectivity index (χ1n) is 41.3. The van der Waals surface area contributed by atoms with Gasteiger partial charge in [0.05, 0.1) is 93.8 Å². The molecule has 10 nitrogen and oxygen atoms in total. The molecule has 0 saturated carbocycles. The van der Waals surface area contributed by atoms with Crippen LogP contribution >= 0.6 is 57.1 Å². The molecule has 0 spiro atoms. The average Bonchev–Trinajstić information content (AvgIpc) is 1.60. The fourth-order valence-corrected chi connectivity index (χ4v) is 18.6. The van der Waals surface area contributed by atoms with Crippen molar-refractivity contribution in [1.29, 1.82) is 0 Å². The highest BCUT2D eigenvalue weighted by atomic mass is 32.1. The molecular weight excluding hydrogens is 1350 g/mol. The van der Waals surface area contributed by atoms with Crippen LogP contribution in [0.3, 0.4) is 0 Å². The zero-order chi connectivity index (χ0) is 72.7. The van der Waals surface area contributed by atoms with Gasteiger partial charge in [-0.2, -0.15) is 8.75 Å². The first-order valence-corrected chi connectivity index (χ1v) is 45.4. The number of nitrogens with zero attached hydrogens (tertiary/aromatic N) is 2. The number of hydrogen-bond donors (Lipinski definition) is 0. The molecule has 0 amide bonds. The fourth-order valence-electron chi connectivity index (χ4n) is 13.5. The van der Waals surface area contributed by atoms with Crippen LogP contribution in [0.2, 0.25) is 0 Å². The summed E-state index contributed by atoms with van der Waals surface area (Å²) < 4.78 is 69.2. The van der Waals surface area contributed by atoms with Crippen LogP contribution in [0.15, 0.2) is 22.9 Å². The molecule has 0 fully saturated rings. The van der Waals surface area contributed by atoms with E-state index in [2.05, 4.69) is 134 Å². The van der Waals surface area contributed by atoms with Gasteiger partial charge in [0.25, 0.3) is 0 Å². The summed E-state index contributed by atoms with van der Waals surface area (Å²) in [5, 5.41) is 4.41. The molecule has 15 heteroatoms. The van der Waals surface area contributed by atoms with Crippen LogP contribution in [0.5, 0.6) is 46.0 Å². The second kappa shape index (κ2) is 49.2. The molecule has 0 aliphatic rings. The molecule has 0 saturated heterocycles. The molecule has 5 heterocycles. The van der Waals surface area contributed by atoms with Crippen molar-refractivity contribution in [2.75, 3.05) is 52.9 Å². The Morgan fingerprint density at radius 1 is 0.267 bits per heavy atom. The Kier molecular flexibility index (Phi) is 41.9. The third-order valence-electron chi connectivity index (χ3n) is 21.5. The molecule has 0 aliphatic carbocycles. The Morgan fingerprint density at radius 2 is 0.485 bits per heavy atom. The van der Waals surface area contributed by atoms with Crippen LogP contribution in [0.25, 0.3) is 51.4 Å². The van der Waals surface area contributed by atoms with E-state index < -0.39 is 0 Å². The second-order valence-electron chi connectivity index (χ2n) is 29.3. The van der Waals surface area contributed by atoms with E-state index >= 15 is 0 Å². The van der Waals surface area contributed by atoms with Crippen molar-refractivity contribution in [1.82, 2.24) is 8.75 Å². The van der Waals surface area contributed by atoms with Gasteiger partial charge in [-0.1, -0.05) is 277 Å². The van der Waals surface area contributed by atoms with Gasteiger partial charge < -0.3 is 37.9 Å². The summed E-state index contributed by atoms with van der Waals surface area (Å²) in [6.45, 7) is 41.7. The number of fused-ring (bicyclic) bond motifs is 1. The fraction of sp³-hybridized carbons (Fsp3) is 0.744. The lowest BCUT2D eigenvalue weighted by Gasteiger charge is -2.21. The Hall–Kier alpha value is -3.76. The third kappa shape index (κ3) is 26.0. The van der Waals surface area contributed by atoms with Gasteiger partial charge >= 0.3 is 0 Å². The van der Waals surface area contributed by atoms with Crippen molar-refractivity contribution < 1.29 is 37.9 Å². The zero-order valence-electron chi connectivity index (χ0n) is 66.4. The van der Waals surface area contributed by atoms with Crippen molar-refractivity contribution in [2.24, 2.45) is 47.3 Å². The normalized spacial score (nSPS) is 14.2. The zero-order valence-corrected chi connectivity index (χ0v) is 70.5. The topological polar surface area (TPSA) is 99.6 Å². The molecular formula is C86H140N2O8S5. The van der Waals surface area contributed by atoms with E-state index in [9.17, 15) is 0 Å². The average molecular weight is 1490 g/mol. The van der Waals surface area contributed by atoms with Crippen LogP contribution in [-0.4, -0.2) is 61.6 Å². The smallest absolute Gasteiger partial charge is 0.181 e. The summed E-state index contributed by atoms with van der Waals surface area (Å²) in [5.41, 5.74) is 3.63. The number of thiophene rings is 4. The predicted octanol–water partition coefficient (Wildman–Crippen LogP) is 29.4. The van der Waals surface area contributed by atoms with Crippen LogP contribution in [0, 0.1) is 47.3 Å². The Labute approximate surface area is 636 Å². The van der Waals surface area contributed by atoms with Gasteiger partial charge in [0.15, 0.2) is 46.0 Å². The number of benzene rings is 1. The van der Waals surface area contributed by atoms with Crippen molar-refractivity contribution in [3.63, 3.8) is 0 Å². The molecule has 0 aliphatic heterocycles. The van der Waals surface area contributed by atoms with Crippen LogP contribution in [-0.2, 0) is 0 Å². The highest BCUT2D eigenvalue weighted by molar-refractivity contribution is 7.25. The number of hydrogen-bond acceptors (Lipinski definition) is 15. The summed E-state index contributed by atoms with van der Waals surface area (Å²) in [4.78, 5) is 6.11. The van der Waals surface area contributed by atoms with Crippen molar-refractivity contribution >= 4 is 68.1 Å². The van der Waals surface area contributed by atoms with Gasteiger partial charge in [-0.3, -0.25) is 0 Å². The highest BCUT2D eigenvalue weighted by Gasteiger charge is 2.35. The lowest BCUT2D eigenvalue weighted by molar-refractivity contribution is 0.199. The van der Waals surface area contributed by atoms with E-state index in [1.54, 1.807) is 45.3 Å². The number of rotatable bonds is 60. The van der Waals surface area contributed by atoms with Crippen molar-refractivity contribution in [2.45, 2.75) is 316 Å². The van der Waals surface area contributed by atoms with Crippen LogP contribution in [0.4, 0.5) is 0 Å². The summed E-state index contributed by atoms with van der Waals surface area (Å²) in [6.07, 6.45) is 36.1. The predicted molar refractivity (Wildman–Crippen MR) is 441 cm³/mol. The van der Waals surface area contributed by atoms with Gasteiger partial charge in [0.2, 0.25) is 0 Å². The van der Waals surface area contributed by atoms with Crippen molar-refractivity contribution in [3.8, 4) is 86.4 Å². The molecule has 101 heavy (non-hydrogen) atoms. The van der Waals surface area contributed by atoms with Crippen LogP contribution in [0.1, 0.15) is 316 Å². The highest BCUT2D eigenvalue weighted by Crippen LogP contribution is 2.62. The number of unbranched alkanes of at least 4 members (excludes halogenated alkanes) is 8. The first-order chi connectivity index (χ1) is 49.4. The van der Waals surface area contributed by atoms with E-state index in [1.807, 2.05) is 0 Å². The second-order valence-corrected chi connectivity index (χ2v) is 33.6. The van der Waals surface area contributed by atoms with Gasteiger partial charge in [0.1, 0.15) is 11.0 Å². The van der Waals surface area contributed by atoms with E-state index in [1.165, 1.54) is 63.1 Å². The van der Waals surface area contributed by atoms with Gasteiger partial charge in [-0.25, -0.2) is 0 Å². The molecule has 6 rings (SSSR count). The Balaban J connectivity index is 1.69. The molecule has 0 radical (unpaired) electrons. The van der Waals surface area contributed by atoms with Gasteiger partial charge in [-0.05, 0) is 98.7 Å². The SMILES string of the molecule is CCCCC(CC)COc1csc(-c2sc(-c3ccc(-c4sc(-c5scc(OCC(CC)CCCC)c5OCC(CC)CCCC)c(OCC(CC)CCCC)c4OCC(CC)CCCC)c4nsnc34)c(OCC(CC)CCCC)c2OCC(CC)CCCC)c1OCC(CC)CCCC. The molecule has 6 aromatic rings. The van der Waals surface area contributed by atoms with Crippen LogP contribution < -0.4 is 37.9 Å². The summed E-state index contributed by atoms with van der Waals surface area (Å²) in [7, 11) is 0. The summed E-state index contributed by atoms with van der Waals surface area (Å²) in [5.74, 6) is 9.83. The monoisotopic (exact) mass is 1490 g/mol. The molecule has 0 bridgehead atoms. The van der Waals surface area contributed by atoms with Gasteiger partial charge in [0, 0.05) is 21.9 Å². The Morgan fingerprint density at radius 3 is 0.713 bits per heavy atom. The number of ether oxygens (including phenoxy) is 8. The quantitative estimate of drug-likeness (QED) is 0.0367. The standard InChI is InChI=1S/C86H140N2O8S5/c1-17-33-41-61(25-9)51-89-71-59-97-83(75(71)91-53-63(27-11)43-35-19-3)85-79(95-57-67(31-15)47-39-23-7)77(93-55-65(29-13)45-37-21-5)81(99-85)69-49-50-70(74-73(69)87-101-88-74)82-78(94-56-66(30-14)46-38-22-6)80(96-58-68(32-16)48-40-24-8)86(100-82)84-76(92-54-64(28-12)44-36-20-4)72(60-98-84)90-52-62(26-10)42-34-18-2/h49-50,59-68H,17-48,51-58H2,1-16H3. The molecule has 8 unspecified atom stereocenters. The summed E-state index contributed by atoms with van der Waals surface area (Å²) in [6, 6.07) is 4.59. The maximum absolute atomic E-state index is 7.51. The maximum Gasteiger partial charge on any atom is 0.181 e. The minimum Gasteiger partial charge on any atom is -0.489 e. The molecule has 8 atom stereocenters. The van der Waals surface area contributed by atoms with E-state index in [4.69, 9.17) is 46.6 Å². The first kappa shape index (κ1) is 86.2. The largest absolute Gasteiger partial charge is 0.489 e. The van der Waals surface area contributed by atoms with E-state index in [-0.39, 0.29) is 0 Å². The summed E-state index contributed by atoms with van der Waals surface area (Å²) >= 11 is 8.22. The molecule has 0 N–H and O–H groups in total. The third-order valence-corrected chi connectivity index (χ3v) is 26.6. The van der Waals surface area contributed by atoms with Crippen molar-refractivity contribution in [3.05, 3.63) is 22.9 Å². The molecule has 572 valence electrons. The van der Waals surface area contributed by atoms with Gasteiger partial charge in [-0.15, -0.1) is 45.3 Å².